The lowest BCUT2D eigenvalue weighted by Crippen LogP contribution is -2.18. The van der Waals surface area contributed by atoms with E-state index < -0.39 is 17.6 Å². The van der Waals surface area contributed by atoms with Crippen molar-refractivity contribution in [2.24, 2.45) is 5.73 Å². The van der Waals surface area contributed by atoms with E-state index in [2.05, 4.69) is 20.6 Å². The summed E-state index contributed by atoms with van der Waals surface area (Å²) in [7, 11) is 0. The molecule has 0 saturated heterocycles. The Balaban J connectivity index is 2.46. The van der Waals surface area contributed by atoms with Crippen LogP contribution in [0.15, 0.2) is 18.2 Å². The van der Waals surface area contributed by atoms with Gasteiger partial charge in [-0.05, 0) is 35.9 Å². The number of aromatic nitrogens is 4. The van der Waals surface area contributed by atoms with Crippen LogP contribution in [-0.2, 0) is 4.79 Å². The topological polar surface area (TPSA) is 97.5 Å². The van der Waals surface area contributed by atoms with Gasteiger partial charge >= 0.3 is 0 Å². The van der Waals surface area contributed by atoms with Crippen LogP contribution in [0.1, 0.15) is 18.4 Å². The molecule has 6 nitrogen and oxygen atoms in total. The highest BCUT2D eigenvalue weighted by Gasteiger charge is 2.15. The molecule has 0 aliphatic rings. The summed E-state index contributed by atoms with van der Waals surface area (Å²) in [5.74, 6) is -1.30. The van der Waals surface area contributed by atoms with Gasteiger partial charge in [-0.15, -0.1) is 10.2 Å². The van der Waals surface area contributed by atoms with Gasteiger partial charge in [-0.25, -0.2) is 4.39 Å². The van der Waals surface area contributed by atoms with Gasteiger partial charge < -0.3 is 5.73 Å². The molecule has 1 aromatic heterocycles. The molecule has 0 saturated carbocycles. The highest BCUT2D eigenvalue weighted by atomic mass is 19.1. The number of carbonyl (C=O) groups is 1. The van der Waals surface area contributed by atoms with E-state index in [1.807, 2.05) is 0 Å². The van der Waals surface area contributed by atoms with Crippen LogP contribution in [0.5, 0.6) is 0 Å². The molecule has 7 heteroatoms. The molecular formula is C10H10FN5O. The van der Waals surface area contributed by atoms with Crippen LogP contribution >= 0.6 is 0 Å². The van der Waals surface area contributed by atoms with Gasteiger partial charge in [-0.1, -0.05) is 0 Å². The molecule has 1 amide bonds. The third-order valence-corrected chi connectivity index (χ3v) is 2.45. The SMILES string of the molecule is C[C@@H](C(N)=O)c1cc(F)cc(-c2nn[nH]n2)c1. The zero-order chi connectivity index (χ0) is 12.4. The monoisotopic (exact) mass is 235 g/mol. The Morgan fingerprint density at radius 2 is 2.24 bits per heavy atom. The van der Waals surface area contributed by atoms with E-state index in [1.54, 1.807) is 13.0 Å². The molecular weight excluding hydrogens is 225 g/mol. The van der Waals surface area contributed by atoms with Crippen LogP contribution < -0.4 is 5.73 Å². The number of nitrogens with two attached hydrogens (primary N) is 1. The Hall–Kier alpha value is -2.31. The van der Waals surface area contributed by atoms with Crippen LogP contribution in [0.3, 0.4) is 0 Å². The smallest absolute Gasteiger partial charge is 0.224 e. The first kappa shape index (κ1) is 11.2. The standard InChI is InChI=1S/C10H10FN5O/c1-5(9(12)17)6-2-7(4-8(11)3-6)10-13-15-16-14-10/h2-5H,1H3,(H2,12,17)(H,13,14,15,16)/t5-/m1/s1. The van der Waals surface area contributed by atoms with Crippen molar-refractivity contribution >= 4 is 5.91 Å². The highest BCUT2D eigenvalue weighted by Crippen LogP contribution is 2.22. The number of nitrogens with one attached hydrogen (secondary N) is 1. The third-order valence-electron chi connectivity index (χ3n) is 2.45. The van der Waals surface area contributed by atoms with Crippen LogP contribution in [0.25, 0.3) is 11.4 Å². The van der Waals surface area contributed by atoms with E-state index in [9.17, 15) is 9.18 Å². The van der Waals surface area contributed by atoms with Crippen molar-refractivity contribution in [3.63, 3.8) is 0 Å². The molecule has 2 aromatic rings. The maximum atomic E-state index is 13.4. The number of halogens is 1. The number of tetrazole rings is 1. The summed E-state index contributed by atoms with van der Waals surface area (Å²) < 4.78 is 13.4. The van der Waals surface area contributed by atoms with Gasteiger partial charge in [0.25, 0.3) is 0 Å². The summed E-state index contributed by atoms with van der Waals surface area (Å²) in [6, 6.07) is 4.14. The number of amides is 1. The van der Waals surface area contributed by atoms with Crippen LogP contribution in [0.2, 0.25) is 0 Å². The third kappa shape index (κ3) is 2.27. The maximum absolute atomic E-state index is 13.4. The Labute approximate surface area is 96.0 Å². The number of primary amides is 1. The van der Waals surface area contributed by atoms with Gasteiger partial charge in [-0.2, -0.15) is 5.21 Å². The van der Waals surface area contributed by atoms with E-state index in [4.69, 9.17) is 5.73 Å². The molecule has 1 heterocycles. The lowest BCUT2D eigenvalue weighted by atomic mass is 9.98. The molecule has 2 rings (SSSR count). The largest absolute Gasteiger partial charge is 0.369 e. The first-order valence-corrected chi connectivity index (χ1v) is 4.91. The summed E-state index contributed by atoms with van der Waals surface area (Å²) in [5.41, 5.74) is 6.11. The zero-order valence-electron chi connectivity index (χ0n) is 9.01. The molecule has 1 atom stereocenters. The predicted octanol–water partition coefficient (Wildman–Crippen LogP) is 0.595. The Morgan fingerprint density at radius 3 is 2.82 bits per heavy atom. The molecule has 0 unspecified atom stereocenters. The van der Waals surface area contributed by atoms with Gasteiger partial charge in [0.05, 0.1) is 5.92 Å². The lowest BCUT2D eigenvalue weighted by molar-refractivity contribution is -0.119. The minimum atomic E-state index is -0.573. The highest BCUT2D eigenvalue weighted by molar-refractivity contribution is 5.81. The molecule has 1 aromatic carbocycles. The average molecular weight is 235 g/mol. The fraction of sp³-hybridized carbons (Fsp3) is 0.200. The normalized spacial score (nSPS) is 12.4. The van der Waals surface area contributed by atoms with Gasteiger partial charge in [0.1, 0.15) is 5.82 Å². The summed E-state index contributed by atoms with van der Waals surface area (Å²) in [5, 5.41) is 13.1. The number of H-pyrrole nitrogens is 1. The number of rotatable bonds is 3. The summed E-state index contributed by atoms with van der Waals surface area (Å²) in [6.45, 7) is 1.61. The first-order chi connectivity index (χ1) is 8.08. The van der Waals surface area contributed by atoms with Crippen molar-refractivity contribution in [3.8, 4) is 11.4 Å². The van der Waals surface area contributed by atoms with Crippen LogP contribution in [0, 0.1) is 5.82 Å². The molecule has 3 N–H and O–H groups in total. The van der Waals surface area contributed by atoms with E-state index in [0.29, 0.717) is 11.1 Å². The van der Waals surface area contributed by atoms with E-state index in [-0.39, 0.29) is 5.82 Å². The number of benzene rings is 1. The minimum absolute atomic E-state index is 0.266. The summed E-state index contributed by atoms with van der Waals surface area (Å²) in [4.78, 5) is 11.1. The lowest BCUT2D eigenvalue weighted by Gasteiger charge is -2.08. The Kier molecular flexibility index (Phi) is 2.82. The van der Waals surface area contributed by atoms with E-state index in [0.717, 1.165) is 0 Å². The number of nitrogens with zero attached hydrogens (tertiary/aromatic N) is 3. The number of hydrogen-bond acceptors (Lipinski definition) is 4. The van der Waals surface area contributed by atoms with Crippen molar-refractivity contribution < 1.29 is 9.18 Å². The number of aromatic amines is 1. The molecule has 0 bridgehead atoms. The van der Waals surface area contributed by atoms with Crippen LogP contribution in [0.4, 0.5) is 4.39 Å². The molecule has 88 valence electrons. The minimum Gasteiger partial charge on any atom is -0.369 e. The molecule has 0 aliphatic carbocycles. The molecule has 0 spiro atoms. The quantitative estimate of drug-likeness (QED) is 0.813. The van der Waals surface area contributed by atoms with Crippen molar-refractivity contribution in [2.45, 2.75) is 12.8 Å². The van der Waals surface area contributed by atoms with E-state index >= 15 is 0 Å². The first-order valence-electron chi connectivity index (χ1n) is 4.91. The average Bonchev–Trinajstić information content (AvgIpc) is 2.80. The van der Waals surface area contributed by atoms with Crippen molar-refractivity contribution in [1.29, 1.82) is 0 Å². The van der Waals surface area contributed by atoms with Gasteiger partial charge in [-0.3, -0.25) is 4.79 Å². The predicted molar refractivity (Wildman–Crippen MR) is 57.2 cm³/mol. The number of hydrogen-bond donors (Lipinski definition) is 2. The van der Waals surface area contributed by atoms with Crippen molar-refractivity contribution in [2.75, 3.05) is 0 Å². The molecule has 0 fully saturated rings. The summed E-state index contributed by atoms with van der Waals surface area (Å²) >= 11 is 0. The zero-order valence-corrected chi connectivity index (χ0v) is 9.01. The van der Waals surface area contributed by atoms with Gasteiger partial charge in [0.15, 0.2) is 0 Å². The van der Waals surface area contributed by atoms with Crippen LogP contribution in [-0.4, -0.2) is 26.5 Å². The van der Waals surface area contributed by atoms with Gasteiger partial charge in [0.2, 0.25) is 11.7 Å². The molecule has 0 radical (unpaired) electrons. The second-order valence-corrected chi connectivity index (χ2v) is 3.63. The number of carbonyl (C=O) groups excluding carboxylic acids is 1. The second-order valence-electron chi connectivity index (χ2n) is 3.63. The van der Waals surface area contributed by atoms with Crippen molar-refractivity contribution in [1.82, 2.24) is 20.6 Å². The Morgan fingerprint density at radius 1 is 1.47 bits per heavy atom. The molecule has 0 aliphatic heterocycles. The van der Waals surface area contributed by atoms with Gasteiger partial charge in [0, 0.05) is 5.56 Å². The second kappa shape index (κ2) is 4.28. The molecule has 17 heavy (non-hydrogen) atoms. The van der Waals surface area contributed by atoms with Crippen molar-refractivity contribution in [3.05, 3.63) is 29.6 Å². The Bertz CT molecular complexity index is 540. The maximum Gasteiger partial charge on any atom is 0.224 e. The van der Waals surface area contributed by atoms with E-state index in [1.165, 1.54) is 12.1 Å². The fourth-order valence-electron chi connectivity index (χ4n) is 1.44. The fourth-order valence-corrected chi connectivity index (χ4v) is 1.44. The summed E-state index contributed by atoms with van der Waals surface area (Å²) in [6.07, 6.45) is 0.